The van der Waals surface area contributed by atoms with Gasteiger partial charge < -0.3 is 14.8 Å². The second-order valence-electron chi connectivity index (χ2n) is 5.29. The zero-order chi connectivity index (χ0) is 16.4. The molecule has 0 saturated carbocycles. The van der Waals surface area contributed by atoms with Crippen molar-refractivity contribution in [2.24, 2.45) is 0 Å². The number of hydrogen-bond acceptors (Lipinski definition) is 2. The Balaban J connectivity index is 2.13. The molecule has 4 nitrogen and oxygen atoms in total. The van der Waals surface area contributed by atoms with Crippen LogP contribution in [-0.4, -0.2) is 23.2 Å². The van der Waals surface area contributed by atoms with Crippen molar-refractivity contribution in [1.29, 1.82) is 0 Å². The summed E-state index contributed by atoms with van der Waals surface area (Å²) in [5, 5.41) is 9.69. The van der Waals surface area contributed by atoms with Crippen LogP contribution >= 0.6 is 0 Å². The summed E-state index contributed by atoms with van der Waals surface area (Å²) in [7, 11) is 1.60. The Bertz CT molecular complexity index is 853. The topological polar surface area (TPSA) is 62.3 Å². The van der Waals surface area contributed by atoms with Crippen LogP contribution in [0.3, 0.4) is 0 Å². The third-order valence-electron chi connectivity index (χ3n) is 3.84. The van der Waals surface area contributed by atoms with Gasteiger partial charge in [0.25, 0.3) is 0 Å². The maximum Gasteiger partial charge on any atom is 0.303 e. The summed E-state index contributed by atoms with van der Waals surface area (Å²) in [6, 6.07) is 12.0. The number of aryl methyl sites for hydroxylation is 1. The molecule has 0 atom stereocenters. The molecule has 0 aliphatic rings. The number of carboxylic acids is 1. The van der Waals surface area contributed by atoms with Gasteiger partial charge in [-0.15, -0.1) is 0 Å². The average Bonchev–Trinajstić information content (AvgIpc) is 2.90. The van der Waals surface area contributed by atoms with E-state index in [1.165, 1.54) is 12.1 Å². The minimum Gasteiger partial charge on any atom is -0.497 e. The molecule has 0 bridgehead atoms. The fourth-order valence-corrected chi connectivity index (χ4v) is 2.72. The number of aliphatic carboxylic acids is 1. The monoisotopic (exact) mass is 313 g/mol. The number of hydrogen-bond donors (Lipinski definition) is 2. The van der Waals surface area contributed by atoms with Crippen molar-refractivity contribution in [1.82, 2.24) is 4.98 Å². The Labute approximate surface area is 132 Å². The van der Waals surface area contributed by atoms with E-state index in [9.17, 15) is 9.18 Å². The smallest absolute Gasteiger partial charge is 0.303 e. The third-order valence-corrected chi connectivity index (χ3v) is 3.84. The van der Waals surface area contributed by atoms with Crippen LogP contribution < -0.4 is 4.74 Å². The van der Waals surface area contributed by atoms with Crippen LogP contribution in [0.5, 0.6) is 5.75 Å². The highest BCUT2D eigenvalue weighted by molar-refractivity contribution is 5.91. The van der Waals surface area contributed by atoms with Gasteiger partial charge in [-0.2, -0.15) is 0 Å². The van der Waals surface area contributed by atoms with E-state index >= 15 is 0 Å². The zero-order valence-electron chi connectivity index (χ0n) is 12.6. The van der Waals surface area contributed by atoms with Gasteiger partial charge in [-0.25, -0.2) is 4.39 Å². The number of fused-ring (bicyclic) bond motifs is 1. The van der Waals surface area contributed by atoms with Gasteiger partial charge >= 0.3 is 5.97 Å². The number of H-pyrrole nitrogens is 1. The summed E-state index contributed by atoms with van der Waals surface area (Å²) in [6.45, 7) is 0. The van der Waals surface area contributed by atoms with E-state index in [0.717, 1.165) is 33.5 Å². The summed E-state index contributed by atoms with van der Waals surface area (Å²) in [4.78, 5) is 14.2. The van der Waals surface area contributed by atoms with Gasteiger partial charge in [0, 0.05) is 23.0 Å². The lowest BCUT2D eigenvalue weighted by atomic mass is 10.0. The molecule has 0 amide bonds. The van der Waals surface area contributed by atoms with E-state index < -0.39 is 5.97 Å². The molecule has 2 N–H and O–H groups in total. The lowest BCUT2D eigenvalue weighted by Gasteiger charge is -2.05. The van der Waals surface area contributed by atoms with Gasteiger partial charge in [0.15, 0.2) is 0 Å². The highest BCUT2D eigenvalue weighted by Crippen LogP contribution is 2.32. The minimum absolute atomic E-state index is 0.00732. The fraction of sp³-hybridized carbons (Fsp3) is 0.167. The molecule has 5 heteroatoms. The lowest BCUT2D eigenvalue weighted by molar-refractivity contribution is -0.136. The van der Waals surface area contributed by atoms with Crippen LogP contribution in [0.15, 0.2) is 42.5 Å². The molecule has 3 rings (SSSR count). The van der Waals surface area contributed by atoms with Crippen molar-refractivity contribution < 1.29 is 19.0 Å². The predicted octanol–water partition coefficient (Wildman–Crippen LogP) is 4.00. The molecule has 0 saturated heterocycles. The Kier molecular flexibility index (Phi) is 4.02. The molecule has 0 aliphatic heterocycles. The van der Waals surface area contributed by atoms with Gasteiger partial charge in [-0.05, 0) is 60.0 Å². The summed E-state index contributed by atoms with van der Waals surface area (Å²) in [5.74, 6) is -0.478. The summed E-state index contributed by atoms with van der Waals surface area (Å²) >= 11 is 0. The van der Waals surface area contributed by atoms with Crippen LogP contribution in [0, 0.1) is 5.82 Å². The number of carbonyl (C=O) groups is 1. The van der Waals surface area contributed by atoms with Crippen molar-refractivity contribution in [2.75, 3.05) is 7.11 Å². The number of benzene rings is 2. The number of aromatic nitrogens is 1. The predicted molar refractivity (Wildman–Crippen MR) is 86.2 cm³/mol. The molecular formula is C18H16FNO3. The largest absolute Gasteiger partial charge is 0.497 e. The normalized spacial score (nSPS) is 10.9. The van der Waals surface area contributed by atoms with Crippen molar-refractivity contribution in [2.45, 2.75) is 12.8 Å². The molecule has 0 radical (unpaired) electrons. The summed E-state index contributed by atoms with van der Waals surface area (Å²) in [6.07, 6.45) is 0.326. The number of aromatic amines is 1. The van der Waals surface area contributed by atoms with Gasteiger partial charge in [0.1, 0.15) is 11.6 Å². The van der Waals surface area contributed by atoms with Crippen molar-refractivity contribution in [3.8, 4) is 17.0 Å². The molecule has 0 fully saturated rings. The van der Waals surface area contributed by atoms with Crippen LogP contribution in [0.1, 0.15) is 12.0 Å². The second kappa shape index (κ2) is 6.12. The number of ether oxygens (including phenoxy) is 1. The van der Waals surface area contributed by atoms with Gasteiger partial charge in [-0.1, -0.05) is 0 Å². The fourth-order valence-electron chi connectivity index (χ4n) is 2.72. The zero-order valence-corrected chi connectivity index (χ0v) is 12.6. The van der Waals surface area contributed by atoms with Gasteiger partial charge in [-0.3, -0.25) is 4.79 Å². The molecule has 0 spiro atoms. The SMILES string of the molecule is COc1ccc(-c2[nH]c3ccc(F)cc3c2CCC(=O)O)cc1. The Morgan fingerprint density at radius 3 is 2.61 bits per heavy atom. The van der Waals surface area contributed by atoms with E-state index in [4.69, 9.17) is 9.84 Å². The first-order chi connectivity index (χ1) is 11.1. The van der Waals surface area contributed by atoms with Crippen molar-refractivity contribution >= 4 is 16.9 Å². The lowest BCUT2D eigenvalue weighted by Crippen LogP contribution is -1.98. The highest BCUT2D eigenvalue weighted by atomic mass is 19.1. The third kappa shape index (κ3) is 3.04. The van der Waals surface area contributed by atoms with E-state index in [1.807, 2.05) is 24.3 Å². The molecule has 0 unspecified atom stereocenters. The maximum absolute atomic E-state index is 13.6. The molecule has 0 aliphatic carbocycles. The molecule has 2 aromatic carbocycles. The summed E-state index contributed by atoms with van der Waals surface area (Å²) < 4.78 is 18.7. The first kappa shape index (κ1) is 15.1. The number of rotatable bonds is 5. The van der Waals surface area contributed by atoms with Crippen molar-refractivity contribution in [3.63, 3.8) is 0 Å². The average molecular weight is 313 g/mol. The van der Waals surface area contributed by atoms with E-state index in [0.29, 0.717) is 6.42 Å². The quantitative estimate of drug-likeness (QED) is 0.748. The molecule has 23 heavy (non-hydrogen) atoms. The van der Waals surface area contributed by atoms with Crippen LogP contribution in [0.4, 0.5) is 4.39 Å². The van der Waals surface area contributed by atoms with Crippen LogP contribution in [-0.2, 0) is 11.2 Å². The molecule has 1 heterocycles. The van der Waals surface area contributed by atoms with E-state index in [2.05, 4.69) is 4.98 Å². The summed E-state index contributed by atoms with van der Waals surface area (Å²) in [5.41, 5.74) is 3.32. The number of halogens is 1. The Hall–Kier alpha value is -2.82. The van der Waals surface area contributed by atoms with E-state index in [1.54, 1.807) is 13.2 Å². The standard InChI is InChI=1S/C18H16FNO3/c1-23-13-5-2-11(3-6-13)18-14(7-9-17(21)22)15-10-12(19)4-8-16(15)20-18/h2-6,8,10,20H,7,9H2,1H3,(H,21,22). The number of methoxy groups -OCH3 is 1. The Morgan fingerprint density at radius 1 is 1.22 bits per heavy atom. The van der Waals surface area contributed by atoms with Crippen molar-refractivity contribution in [3.05, 3.63) is 53.8 Å². The van der Waals surface area contributed by atoms with Gasteiger partial charge in [0.2, 0.25) is 0 Å². The first-order valence-corrected chi connectivity index (χ1v) is 7.25. The highest BCUT2D eigenvalue weighted by Gasteiger charge is 2.15. The first-order valence-electron chi connectivity index (χ1n) is 7.25. The van der Waals surface area contributed by atoms with Crippen LogP contribution in [0.25, 0.3) is 22.2 Å². The number of nitrogens with one attached hydrogen (secondary N) is 1. The minimum atomic E-state index is -0.878. The molecule has 3 aromatic rings. The molecular weight excluding hydrogens is 297 g/mol. The molecule has 1 aromatic heterocycles. The second-order valence-corrected chi connectivity index (χ2v) is 5.29. The van der Waals surface area contributed by atoms with Crippen LogP contribution in [0.2, 0.25) is 0 Å². The van der Waals surface area contributed by atoms with Gasteiger partial charge in [0.05, 0.1) is 7.11 Å². The molecule has 118 valence electrons. The Morgan fingerprint density at radius 2 is 1.96 bits per heavy atom. The maximum atomic E-state index is 13.6. The van der Waals surface area contributed by atoms with E-state index in [-0.39, 0.29) is 12.2 Å². The number of carboxylic acid groups (broad SMARTS) is 1.